The molecule has 0 unspecified atom stereocenters. The monoisotopic (exact) mass is 909 g/mol. The van der Waals surface area contributed by atoms with Gasteiger partial charge in [0.2, 0.25) is 0 Å². The van der Waals surface area contributed by atoms with Gasteiger partial charge in [-0.2, -0.15) is 0 Å². The Morgan fingerprint density at radius 1 is 0.323 bits per heavy atom. The van der Waals surface area contributed by atoms with E-state index in [1.54, 1.807) is 0 Å². The normalized spacial score (nSPS) is 12.5. The lowest BCUT2D eigenvalue weighted by Crippen LogP contribution is -2.30. The average molecular weight is 909 g/mol. The fraction of sp³-hybridized carbons (Fsp3) is 0.780. The molecule has 0 heterocycles. The first-order valence-corrected chi connectivity index (χ1v) is 27.8. The number of hydrogen-bond acceptors (Lipinski definition) is 6. The zero-order valence-electron chi connectivity index (χ0n) is 43.0. The number of hydrogen-bond donors (Lipinski definition) is 0. The molecule has 0 aromatic carbocycles. The van der Waals surface area contributed by atoms with E-state index in [1.807, 2.05) is 0 Å². The highest BCUT2D eigenvalue weighted by Gasteiger charge is 2.19. The summed E-state index contributed by atoms with van der Waals surface area (Å²) < 4.78 is 16.8. The van der Waals surface area contributed by atoms with Crippen molar-refractivity contribution in [1.82, 2.24) is 0 Å². The first-order valence-electron chi connectivity index (χ1n) is 27.8. The molecule has 0 aliphatic heterocycles. The molecule has 0 spiro atoms. The second-order valence-corrected chi connectivity index (χ2v) is 18.5. The SMILES string of the molecule is CC/C=C\C/C=C\C/C=C\CCCCCCCC(=O)O[C@@H](COC(=O)CCCCCCCCC/C=C\CCCCCC)COC(=O)CCCCCCCCC/C=C\CCCCCCCC. The fourth-order valence-electron chi connectivity index (χ4n) is 7.80. The van der Waals surface area contributed by atoms with Crippen LogP contribution in [0.1, 0.15) is 278 Å². The molecule has 0 amide bonds. The van der Waals surface area contributed by atoms with E-state index in [1.165, 1.54) is 141 Å². The van der Waals surface area contributed by atoms with Crippen LogP contribution in [0.15, 0.2) is 60.8 Å². The Labute approximate surface area is 402 Å². The Balaban J connectivity index is 4.40. The second kappa shape index (κ2) is 53.7. The molecule has 0 radical (unpaired) electrons. The molecule has 0 bridgehead atoms. The van der Waals surface area contributed by atoms with Crippen LogP contribution in [0, 0.1) is 0 Å². The Bertz CT molecular complexity index is 1180. The van der Waals surface area contributed by atoms with E-state index in [0.717, 1.165) is 96.3 Å². The molecular formula is C59H104O6. The van der Waals surface area contributed by atoms with E-state index >= 15 is 0 Å². The molecule has 6 nitrogen and oxygen atoms in total. The van der Waals surface area contributed by atoms with Crippen LogP contribution in [0.3, 0.4) is 0 Å². The first kappa shape index (κ1) is 62.1. The maximum Gasteiger partial charge on any atom is 0.306 e. The third kappa shape index (κ3) is 51.9. The van der Waals surface area contributed by atoms with Crippen molar-refractivity contribution in [3.63, 3.8) is 0 Å². The molecule has 0 saturated carbocycles. The van der Waals surface area contributed by atoms with Crippen LogP contribution in [-0.2, 0) is 28.6 Å². The van der Waals surface area contributed by atoms with Gasteiger partial charge in [0.05, 0.1) is 0 Å². The Morgan fingerprint density at radius 3 is 0.969 bits per heavy atom. The summed E-state index contributed by atoms with van der Waals surface area (Å²) in [6.45, 7) is 6.51. The van der Waals surface area contributed by atoms with Gasteiger partial charge in [0.1, 0.15) is 13.2 Å². The lowest BCUT2D eigenvalue weighted by molar-refractivity contribution is -0.167. The summed E-state index contributed by atoms with van der Waals surface area (Å²) in [5.41, 5.74) is 0. The number of esters is 3. The minimum Gasteiger partial charge on any atom is -0.462 e. The van der Waals surface area contributed by atoms with E-state index < -0.39 is 6.10 Å². The highest BCUT2D eigenvalue weighted by atomic mass is 16.6. The smallest absolute Gasteiger partial charge is 0.306 e. The Morgan fingerprint density at radius 2 is 0.600 bits per heavy atom. The minimum atomic E-state index is -0.786. The second-order valence-electron chi connectivity index (χ2n) is 18.5. The zero-order chi connectivity index (χ0) is 47.2. The largest absolute Gasteiger partial charge is 0.462 e. The van der Waals surface area contributed by atoms with Gasteiger partial charge < -0.3 is 14.2 Å². The molecule has 1 atom stereocenters. The van der Waals surface area contributed by atoms with E-state index in [9.17, 15) is 14.4 Å². The quantitative estimate of drug-likeness (QED) is 0.0262. The van der Waals surface area contributed by atoms with Crippen molar-refractivity contribution in [3.8, 4) is 0 Å². The maximum absolute atomic E-state index is 12.8. The molecule has 0 saturated heterocycles. The van der Waals surface area contributed by atoms with Gasteiger partial charge >= 0.3 is 17.9 Å². The summed E-state index contributed by atoms with van der Waals surface area (Å²) in [5, 5.41) is 0. The standard InChI is InChI=1S/C59H104O6/c1-4-7-10-13-16-19-22-25-28-29-32-34-37-40-43-46-49-52-58(61)64-55-56(65-59(62)53-50-47-44-41-38-35-31-27-24-21-18-15-12-9-6-3)54-63-57(60)51-48-45-42-39-36-33-30-26-23-20-17-14-11-8-5-2/h9,12,18,20-21,23,25,27-28,31,56H,4-8,10-11,13-17,19,22,24,26,29-30,32-55H2,1-3H3/b12-9-,21-18-,23-20-,28-25-,31-27-/t56-/m0/s1. The van der Waals surface area contributed by atoms with Crippen molar-refractivity contribution in [2.24, 2.45) is 0 Å². The number of ether oxygens (including phenoxy) is 3. The molecule has 0 fully saturated rings. The lowest BCUT2D eigenvalue weighted by Gasteiger charge is -2.18. The van der Waals surface area contributed by atoms with E-state index in [-0.39, 0.29) is 31.1 Å². The van der Waals surface area contributed by atoms with Crippen molar-refractivity contribution >= 4 is 17.9 Å². The van der Waals surface area contributed by atoms with Crippen molar-refractivity contribution in [1.29, 1.82) is 0 Å². The van der Waals surface area contributed by atoms with Gasteiger partial charge in [0, 0.05) is 19.3 Å². The van der Waals surface area contributed by atoms with Crippen LogP contribution >= 0.6 is 0 Å². The van der Waals surface area contributed by atoms with Gasteiger partial charge in [-0.3, -0.25) is 14.4 Å². The molecule has 0 aromatic heterocycles. The van der Waals surface area contributed by atoms with Crippen LogP contribution in [0.5, 0.6) is 0 Å². The fourth-order valence-corrected chi connectivity index (χ4v) is 7.80. The third-order valence-corrected chi connectivity index (χ3v) is 12.0. The molecule has 0 aromatic rings. The summed E-state index contributed by atoms with van der Waals surface area (Å²) >= 11 is 0. The summed E-state index contributed by atoms with van der Waals surface area (Å²) in [6, 6.07) is 0. The Hall–Kier alpha value is -2.89. The predicted molar refractivity (Wildman–Crippen MR) is 279 cm³/mol. The van der Waals surface area contributed by atoms with E-state index in [0.29, 0.717) is 19.3 Å². The van der Waals surface area contributed by atoms with Gasteiger partial charge in [0.25, 0.3) is 0 Å². The predicted octanol–water partition coefficient (Wildman–Crippen LogP) is 18.4. The summed E-state index contributed by atoms with van der Waals surface area (Å²) in [7, 11) is 0. The highest BCUT2D eigenvalue weighted by molar-refractivity contribution is 5.71. The highest BCUT2D eigenvalue weighted by Crippen LogP contribution is 2.15. The minimum absolute atomic E-state index is 0.0841. The van der Waals surface area contributed by atoms with E-state index in [4.69, 9.17) is 14.2 Å². The van der Waals surface area contributed by atoms with Gasteiger partial charge in [-0.15, -0.1) is 0 Å². The molecule has 65 heavy (non-hydrogen) atoms. The molecular weight excluding hydrogens is 805 g/mol. The van der Waals surface area contributed by atoms with Gasteiger partial charge in [-0.05, 0) is 103 Å². The van der Waals surface area contributed by atoms with Crippen molar-refractivity contribution < 1.29 is 28.6 Å². The number of rotatable bonds is 50. The van der Waals surface area contributed by atoms with Crippen LogP contribution in [0.2, 0.25) is 0 Å². The topological polar surface area (TPSA) is 78.9 Å². The van der Waals surface area contributed by atoms with Crippen LogP contribution in [-0.4, -0.2) is 37.2 Å². The number of carbonyl (C=O) groups is 3. The zero-order valence-corrected chi connectivity index (χ0v) is 43.0. The van der Waals surface area contributed by atoms with E-state index in [2.05, 4.69) is 81.5 Å². The molecule has 0 aliphatic rings. The molecule has 0 rings (SSSR count). The van der Waals surface area contributed by atoms with Crippen LogP contribution in [0.4, 0.5) is 0 Å². The average Bonchev–Trinajstić information content (AvgIpc) is 3.30. The van der Waals surface area contributed by atoms with Crippen molar-refractivity contribution in [3.05, 3.63) is 60.8 Å². The van der Waals surface area contributed by atoms with Crippen LogP contribution in [0.25, 0.3) is 0 Å². The summed E-state index contributed by atoms with van der Waals surface area (Å²) in [6.07, 6.45) is 66.3. The molecule has 376 valence electrons. The molecule has 6 heteroatoms. The number of allylic oxidation sites excluding steroid dienone is 10. The number of carbonyl (C=O) groups excluding carboxylic acids is 3. The van der Waals surface area contributed by atoms with Gasteiger partial charge in [0.15, 0.2) is 6.10 Å². The summed E-state index contributed by atoms with van der Waals surface area (Å²) in [4.78, 5) is 38.1. The van der Waals surface area contributed by atoms with Crippen molar-refractivity contribution in [2.75, 3.05) is 13.2 Å². The molecule has 0 N–H and O–H groups in total. The number of unbranched alkanes of at least 4 members (excludes halogenated alkanes) is 29. The summed E-state index contributed by atoms with van der Waals surface area (Å²) in [5.74, 6) is -0.901. The van der Waals surface area contributed by atoms with Gasteiger partial charge in [-0.1, -0.05) is 216 Å². The van der Waals surface area contributed by atoms with Crippen LogP contribution < -0.4 is 0 Å². The maximum atomic E-state index is 12.8. The Kier molecular flexibility index (Phi) is 51.3. The lowest BCUT2D eigenvalue weighted by atomic mass is 10.1. The van der Waals surface area contributed by atoms with Crippen molar-refractivity contribution in [2.45, 2.75) is 284 Å². The first-order chi connectivity index (χ1) is 32.0. The van der Waals surface area contributed by atoms with Gasteiger partial charge in [-0.25, -0.2) is 0 Å². The third-order valence-electron chi connectivity index (χ3n) is 12.0. The molecule has 0 aliphatic carbocycles.